The molecular formula is C12H10N2O5S2. The number of amides is 1. The van der Waals surface area contributed by atoms with Crippen molar-refractivity contribution in [1.82, 2.24) is 4.90 Å². The minimum atomic E-state index is -1.12. The number of benzene rings is 1. The summed E-state index contributed by atoms with van der Waals surface area (Å²) in [5, 5.41) is 18.8. The van der Waals surface area contributed by atoms with Crippen LogP contribution in [0.2, 0.25) is 0 Å². The van der Waals surface area contributed by atoms with Gasteiger partial charge in [-0.2, -0.15) is 0 Å². The van der Waals surface area contributed by atoms with Crippen LogP contribution in [0.5, 0.6) is 0 Å². The van der Waals surface area contributed by atoms with Crippen LogP contribution >= 0.6 is 24.0 Å². The summed E-state index contributed by atoms with van der Waals surface area (Å²) in [7, 11) is 0. The van der Waals surface area contributed by atoms with Crippen molar-refractivity contribution in [3.8, 4) is 0 Å². The van der Waals surface area contributed by atoms with Gasteiger partial charge in [-0.3, -0.25) is 24.6 Å². The van der Waals surface area contributed by atoms with Gasteiger partial charge in [-0.15, -0.1) is 0 Å². The molecular weight excluding hydrogens is 316 g/mol. The summed E-state index contributed by atoms with van der Waals surface area (Å²) in [6, 6.07) is 5.89. The van der Waals surface area contributed by atoms with E-state index < -0.39 is 22.7 Å². The van der Waals surface area contributed by atoms with Crippen LogP contribution in [0.15, 0.2) is 24.3 Å². The summed E-state index contributed by atoms with van der Waals surface area (Å²) in [4.78, 5) is 33.9. The quantitative estimate of drug-likeness (QED) is 0.496. The van der Waals surface area contributed by atoms with Gasteiger partial charge in [0.25, 0.3) is 5.69 Å². The number of nitrogens with zero attached hydrogens (tertiary/aromatic N) is 2. The molecule has 1 aromatic rings. The van der Waals surface area contributed by atoms with Crippen molar-refractivity contribution >= 4 is 45.9 Å². The van der Waals surface area contributed by atoms with E-state index in [1.165, 1.54) is 12.1 Å². The van der Waals surface area contributed by atoms with Crippen LogP contribution in [0, 0.1) is 10.1 Å². The number of aliphatic carboxylic acids is 1. The van der Waals surface area contributed by atoms with E-state index in [9.17, 15) is 19.7 Å². The molecule has 1 aromatic carbocycles. The van der Waals surface area contributed by atoms with E-state index >= 15 is 0 Å². The molecule has 1 amide bonds. The Balaban J connectivity index is 2.06. The number of nitro benzene ring substituents is 1. The first-order chi connectivity index (χ1) is 9.88. The number of carbonyl (C=O) groups excluding carboxylic acids is 1. The number of nitro groups is 1. The summed E-state index contributed by atoms with van der Waals surface area (Å²) in [6.07, 6.45) is 0.345. The molecule has 2 rings (SSSR count). The molecule has 21 heavy (non-hydrogen) atoms. The lowest BCUT2D eigenvalue weighted by Gasteiger charge is -2.12. The summed E-state index contributed by atoms with van der Waals surface area (Å²) in [5.74, 6) is -1.46. The van der Waals surface area contributed by atoms with Gasteiger partial charge in [0.05, 0.1) is 10.2 Å². The normalized spacial score (nSPS) is 18.1. The SMILES string of the molecule is O=C(O)CN1C(=O)C(Cc2ccc([N+](=O)[O-])cc2)SC1=S. The number of non-ortho nitro benzene ring substituents is 1. The average Bonchev–Trinajstić information content (AvgIpc) is 2.67. The predicted molar refractivity (Wildman–Crippen MR) is 80.1 cm³/mol. The summed E-state index contributed by atoms with van der Waals surface area (Å²) in [6.45, 7) is -0.443. The van der Waals surface area contributed by atoms with Crippen molar-refractivity contribution < 1.29 is 19.6 Å². The Bertz CT molecular complexity index is 617. The number of rotatable bonds is 5. The van der Waals surface area contributed by atoms with Crippen molar-refractivity contribution in [3.05, 3.63) is 39.9 Å². The Hall–Kier alpha value is -2.00. The first-order valence-corrected chi connectivity index (χ1v) is 7.14. The fourth-order valence-corrected chi connectivity index (χ4v) is 3.41. The predicted octanol–water partition coefficient (Wildman–Crippen LogP) is 1.45. The van der Waals surface area contributed by atoms with Gasteiger partial charge in [-0.1, -0.05) is 36.1 Å². The lowest BCUT2D eigenvalue weighted by molar-refractivity contribution is -0.384. The highest BCUT2D eigenvalue weighted by Crippen LogP contribution is 2.30. The Morgan fingerprint density at radius 3 is 2.57 bits per heavy atom. The molecule has 7 nitrogen and oxygen atoms in total. The summed E-state index contributed by atoms with van der Waals surface area (Å²) >= 11 is 6.14. The third-order valence-electron chi connectivity index (χ3n) is 2.87. The highest BCUT2D eigenvalue weighted by Gasteiger charge is 2.37. The monoisotopic (exact) mass is 326 g/mol. The molecule has 0 aromatic heterocycles. The number of thioether (sulfide) groups is 1. The minimum Gasteiger partial charge on any atom is -0.480 e. The number of hydrogen-bond donors (Lipinski definition) is 1. The number of carboxylic acid groups (broad SMARTS) is 1. The van der Waals surface area contributed by atoms with Crippen LogP contribution in [0.1, 0.15) is 5.56 Å². The number of thiocarbonyl (C=S) groups is 1. The molecule has 1 fully saturated rings. The van der Waals surface area contributed by atoms with Crippen LogP contribution in [-0.2, 0) is 16.0 Å². The van der Waals surface area contributed by atoms with E-state index in [-0.39, 0.29) is 15.9 Å². The molecule has 1 N–H and O–H groups in total. The Morgan fingerprint density at radius 1 is 1.43 bits per heavy atom. The van der Waals surface area contributed by atoms with Gasteiger partial charge >= 0.3 is 5.97 Å². The maximum Gasteiger partial charge on any atom is 0.323 e. The molecule has 1 saturated heterocycles. The Morgan fingerprint density at radius 2 is 2.05 bits per heavy atom. The lowest BCUT2D eigenvalue weighted by atomic mass is 10.1. The van der Waals surface area contributed by atoms with Crippen LogP contribution in [-0.4, -0.2) is 42.9 Å². The Labute approximate surface area is 129 Å². The zero-order valence-corrected chi connectivity index (χ0v) is 12.2. The van der Waals surface area contributed by atoms with E-state index in [0.717, 1.165) is 22.2 Å². The summed E-state index contributed by atoms with van der Waals surface area (Å²) < 4.78 is 0.245. The lowest BCUT2D eigenvalue weighted by Crippen LogP contribution is -2.36. The van der Waals surface area contributed by atoms with Gasteiger partial charge in [-0.25, -0.2) is 0 Å². The first-order valence-electron chi connectivity index (χ1n) is 5.85. The van der Waals surface area contributed by atoms with Crippen molar-refractivity contribution in [2.75, 3.05) is 6.54 Å². The van der Waals surface area contributed by atoms with Gasteiger partial charge in [0.1, 0.15) is 10.9 Å². The van der Waals surface area contributed by atoms with E-state index in [1.807, 2.05) is 0 Å². The molecule has 110 valence electrons. The summed E-state index contributed by atoms with van der Waals surface area (Å²) in [5.41, 5.74) is 0.735. The zero-order valence-electron chi connectivity index (χ0n) is 10.6. The van der Waals surface area contributed by atoms with Crippen LogP contribution in [0.3, 0.4) is 0 Å². The maximum atomic E-state index is 12.1. The largest absolute Gasteiger partial charge is 0.480 e. The minimum absolute atomic E-state index is 0.0211. The fraction of sp³-hybridized carbons (Fsp3) is 0.250. The van der Waals surface area contributed by atoms with E-state index in [2.05, 4.69) is 0 Å². The molecule has 1 aliphatic rings. The Kier molecular flexibility index (Phi) is 4.53. The van der Waals surface area contributed by atoms with Gasteiger partial charge in [0.15, 0.2) is 0 Å². The third-order valence-corrected chi connectivity index (χ3v) is 4.45. The number of carboxylic acids is 1. The second-order valence-corrected chi connectivity index (χ2v) is 6.15. The molecule has 1 aliphatic heterocycles. The number of hydrogen-bond acceptors (Lipinski definition) is 6. The third kappa shape index (κ3) is 3.56. The van der Waals surface area contributed by atoms with Crippen molar-refractivity contribution in [2.24, 2.45) is 0 Å². The zero-order chi connectivity index (χ0) is 15.6. The van der Waals surface area contributed by atoms with E-state index in [4.69, 9.17) is 17.3 Å². The van der Waals surface area contributed by atoms with Gasteiger partial charge in [0.2, 0.25) is 5.91 Å². The van der Waals surface area contributed by atoms with Crippen LogP contribution in [0.25, 0.3) is 0 Å². The standard InChI is InChI=1S/C12H10N2O5S2/c15-10(16)6-13-11(17)9(21-12(13)20)5-7-1-3-8(4-2-7)14(18)19/h1-4,9H,5-6H2,(H,15,16). The topological polar surface area (TPSA) is 101 Å². The van der Waals surface area contributed by atoms with Crippen LogP contribution in [0.4, 0.5) is 5.69 Å². The van der Waals surface area contributed by atoms with E-state index in [0.29, 0.717) is 6.42 Å². The second kappa shape index (κ2) is 6.19. The molecule has 1 heterocycles. The first kappa shape index (κ1) is 15.4. The molecule has 0 spiro atoms. The number of carbonyl (C=O) groups is 2. The van der Waals surface area contributed by atoms with Gasteiger partial charge in [-0.05, 0) is 12.0 Å². The molecule has 1 atom stereocenters. The smallest absolute Gasteiger partial charge is 0.323 e. The molecule has 0 bridgehead atoms. The highest BCUT2D eigenvalue weighted by molar-refractivity contribution is 8.24. The molecule has 0 saturated carbocycles. The molecule has 0 radical (unpaired) electrons. The maximum absolute atomic E-state index is 12.1. The van der Waals surface area contributed by atoms with Crippen LogP contribution < -0.4 is 0 Å². The molecule has 1 unspecified atom stereocenters. The molecule has 9 heteroatoms. The molecule has 0 aliphatic carbocycles. The van der Waals surface area contributed by atoms with Gasteiger partial charge in [0, 0.05) is 12.1 Å². The second-order valence-electron chi connectivity index (χ2n) is 4.32. The fourth-order valence-electron chi connectivity index (χ4n) is 1.87. The van der Waals surface area contributed by atoms with E-state index in [1.54, 1.807) is 12.1 Å². The van der Waals surface area contributed by atoms with Gasteiger partial charge < -0.3 is 5.11 Å². The highest BCUT2D eigenvalue weighted by atomic mass is 32.2. The van der Waals surface area contributed by atoms with Crippen molar-refractivity contribution in [1.29, 1.82) is 0 Å². The van der Waals surface area contributed by atoms with Crippen molar-refractivity contribution in [2.45, 2.75) is 11.7 Å². The van der Waals surface area contributed by atoms with Crippen molar-refractivity contribution in [3.63, 3.8) is 0 Å². The average molecular weight is 326 g/mol.